The van der Waals surface area contributed by atoms with Gasteiger partial charge in [-0.15, -0.1) is 6.58 Å². The van der Waals surface area contributed by atoms with E-state index in [2.05, 4.69) is 13.2 Å². The SMILES string of the molecule is C=CC(C)(C)c1c(OC)cc(O)c2c(=O)c3c(CC(O)C(=C)C)c(O)c(O)cc3oc12. The maximum Gasteiger partial charge on any atom is 0.204 e. The van der Waals surface area contributed by atoms with Crippen LogP contribution >= 0.6 is 0 Å². The molecule has 7 heteroatoms. The Morgan fingerprint density at radius 3 is 2.42 bits per heavy atom. The molecular formula is C24H26O7. The van der Waals surface area contributed by atoms with Crippen LogP contribution in [0.3, 0.4) is 0 Å². The molecule has 0 aliphatic heterocycles. The van der Waals surface area contributed by atoms with E-state index in [-0.39, 0.29) is 39.7 Å². The molecule has 31 heavy (non-hydrogen) atoms. The lowest BCUT2D eigenvalue weighted by Gasteiger charge is -2.25. The van der Waals surface area contributed by atoms with E-state index in [1.807, 2.05) is 13.8 Å². The van der Waals surface area contributed by atoms with E-state index in [1.165, 1.54) is 13.2 Å². The summed E-state index contributed by atoms with van der Waals surface area (Å²) in [7, 11) is 1.43. The van der Waals surface area contributed by atoms with Gasteiger partial charge in [0, 0.05) is 35.1 Å². The molecule has 2 aromatic carbocycles. The van der Waals surface area contributed by atoms with Gasteiger partial charge in [0.2, 0.25) is 5.43 Å². The molecule has 1 unspecified atom stereocenters. The number of aliphatic hydroxyl groups is 1. The highest BCUT2D eigenvalue weighted by atomic mass is 16.5. The fraction of sp³-hybridized carbons (Fsp3) is 0.292. The number of hydrogen-bond acceptors (Lipinski definition) is 7. The molecule has 3 rings (SSSR count). The minimum atomic E-state index is -1.06. The van der Waals surface area contributed by atoms with Crippen LogP contribution in [0.5, 0.6) is 23.0 Å². The predicted molar refractivity (Wildman–Crippen MR) is 119 cm³/mol. The third-order valence-electron chi connectivity index (χ3n) is 5.58. The van der Waals surface area contributed by atoms with Gasteiger partial charge in [0.25, 0.3) is 0 Å². The fourth-order valence-electron chi connectivity index (χ4n) is 3.63. The van der Waals surface area contributed by atoms with E-state index >= 15 is 0 Å². The van der Waals surface area contributed by atoms with Crippen LogP contribution in [0, 0.1) is 0 Å². The predicted octanol–water partition coefficient (Wildman–Crippen LogP) is 4.01. The maximum absolute atomic E-state index is 13.5. The Balaban J connectivity index is 2.57. The molecule has 1 atom stereocenters. The van der Waals surface area contributed by atoms with Gasteiger partial charge in [-0.3, -0.25) is 4.79 Å². The van der Waals surface area contributed by atoms with Crippen LogP contribution in [0.1, 0.15) is 31.9 Å². The van der Waals surface area contributed by atoms with Crippen molar-refractivity contribution in [1.82, 2.24) is 0 Å². The molecule has 0 saturated heterocycles. The normalized spacial score (nSPS) is 12.8. The Morgan fingerprint density at radius 1 is 1.23 bits per heavy atom. The van der Waals surface area contributed by atoms with E-state index in [4.69, 9.17) is 9.15 Å². The first kappa shape index (κ1) is 22.2. The summed E-state index contributed by atoms with van der Waals surface area (Å²) in [5.41, 5.74) is -0.325. The summed E-state index contributed by atoms with van der Waals surface area (Å²) in [6.07, 6.45) is 0.421. The van der Waals surface area contributed by atoms with Crippen LogP contribution in [-0.2, 0) is 11.8 Å². The molecule has 1 aromatic heterocycles. The average molecular weight is 426 g/mol. The van der Waals surface area contributed by atoms with Crippen molar-refractivity contribution in [3.05, 3.63) is 58.3 Å². The van der Waals surface area contributed by atoms with Crippen molar-refractivity contribution in [3.8, 4) is 23.0 Å². The van der Waals surface area contributed by atoms with Gasteiger partial charge in [-0.05, 0) is 6.92 Å². The summed E-state index contributed by atoms with van der Waals surface area (Å²) in [6, 6.07) is 2.46. The zero-order valence-corrected chi connectivity index (χ0v) is 17.9. The van der Waals surface area contributed by atoms with Crippen LogP contribution in [0.2, 0.25) is 0 Å². The van der Waals surface area contributed by atoms with Crippen LogP contribution in [0.25, 0.3) is 21.9 Å². The molecule has 4 N–H and O–H groups in total. The number of methoxy groups -OCH3 is 1. The van der Waals surface area contributed by atoms with Gasteiger partial charge < -0.3 is 29.6 Å². The number of allylic oxidation sites excluding steroid dienone is 1. The number of phenolic OH excluding ortho intramolecular Hbond substituents is 3. The Morgan fingerprint density at radius 2 is 1.87 bits per heavy atom. The summed E-state index contributed by atoms with van der Waals surface area (Å²) >= 11 is 0. The molecule has 0 fully saturated rings. The molecule has 164 valence electrons. The molecular weight excluding hydrogens is 400 g/mol. The Labute approximate surface area is 179 Å². The quantitative estimate of drug-likeness (QED) is 0.267. The highest BCUT2D eigenvalue weighted by Gasteiger charge is 2.30. The summed E-state index contributed by atoms with van der Waals surface area (Å²) < 4.78 is 11.4. The summed E-state index contributed by atoms with van der Waals surface area (Å²) in [4.78, 5) is 13.5. The minimum absolute atomic E-state index is 0.000832. The van der Waals surface area contributed by atoms with Gasteiger partial charge in [-0.2, -0.15) is 0 Å². The molecule has 3 aromatic rings. The average Bonchev–Trinajstić information content (AvgIpc) is 2.70. The second-order valence-electron chi connectivity index (χ2n) is 8.20. The van der Waals surface area contributed by atoms with Gasteiger partial charge in [-0.25, -0.2) is 0 Å². The second-order valence-corrected chi connectivity index (χ2v) is 8.20. The first-order valence-corrected chi connectivity index (χ1v) is 9.66. The van der Waals surface area contributed by atoms with Gasteiger partial charge >= 0.3 is 0 Å². The van der Waals surface area contributed by atoms with E-state index in [0.29, 0.717) is 16.9 Å². The van der Waals surface area contributed by atoms with Crippen molar-refractivity contribution >= 4 is 21.9 Å². The number of aliphatic hydroxyl groups excluding tert-OH is 1. The Hall–Kier alpha value is -3.45. The van der Waals surface area contributed by atoms with E-state index in [1.54, 1.807) is 13.0 Å². The summed E-state index contributed by atoms with van der Waals surface area (Å²) in [5.74, 6) is -1.10. The highest BCUT2D eigenvalue weighted by Crippen LogP contribution is 2.44. The molecule has 0 bridgehead atoms. The lowest BCUT2D eigenvalue weighted by atomic mass is 9.82. The monoisotopic (exact) mass is 426 g/mol. The van der Waals surface area contributed by atoms with Crippen molar-refractivity contribution in [2.45, 2.75) is 38.7 Å². The molecule has 0 amide bonds. The highest BCUT2D eigenvalue weighted by molar-refractivity contribution is 5.98. The lowest BCUT2D eigenvalue weighted by Crippen LogP contribution is -2.18. The van der Waals surface area contributed by atoms with E-state index < -0.39 is 28.4 Å². The topological polar surface area (TPSA) is 120 Å². The zero-order chi connectivity index (χ0) is 23.2. The number of benzene rings is 2. The van der Waals surface area contributed by atoms with Gasteiger partial charge in [0.05, 0.1) is 18.6 Å². The Bertz CT molecular complexity index is 1280. The number of aromatic hydroxyl groups is 3. The Kier molecular flexibility index (Phi) is 5.50. The first-order valence-electron chi connectivity index (χ1n) is 9.66. The number of phenols is 3. The van der Waals surface area contributed by atoms with Crippen LogP contribution < -0.4 is 10.2 Å². The molecule has 7 nitrogen and oxygen atoms in total. The smallest absolute Gasteiger partial charge is 0.204 e. The third kappa shape index (κ3) is 3.51. The number of rotatable bonds is 6. The number of ether oxygens (including phenoxy) is 1. The van der Waals surface area contributed by atoms with Crippen molar-refractivity contribution in [3.63, 3.8) is 0 Å². The lowest BCUT2D eigenvalue weighted by molar-refractivity contribution is 0.210. The summed E-state index contributed by atoms with van der Waals surface area (Å²) in [6.45, 7) is 12.8. The van der Waals surface area contributed by atoms with Crippen molar-refractivity contribution in [2.24, 2.45) is 0 Å². The van der Waals surface area contributed by atoms with E-state index in [0.717, 1.165) is 6.07 Å². The molecule has 0 saturated carbocycles. The molecule has 0 aliphatic rings. The third-order valence-corrected chi connectivity index (χ3v) is 5.58. The minimum Gasteiger partial charge on any atom is -0.507 e. The number of fused-ring (bicyclic) bond motifs is 2. The molecule has 0 spiro atoms. The molecule has 0 radical (unpaired) electrons. The largest absolute Gasteiger partial charge is 0.507 e. The standard InChI is InChI=1S/C24H26O7/c1-7-24(4,5)20-17(30-6)9-14(26)19-22(29)18-12(8-13(25)11(2)3)21(28)15(27)10-16(18)31-23(19)20/h7,9-10,13,25-28H,1-2,8H2,3-6H3. The van der Waals surface area contributed by atoms with Crippen molar-refractivity contribution < 1.29 is 29.6 Å². The van der Waals surface area contributed by atoms with Gasteiger partial charge in [0.15, 0.2) is 11.5 Å². The summed E-state index contributed by atoms with van der Waals surface area (Å²) in [5, 5.41) is 41.4. The van der Waals surface area contributed by atoms with Crippen LogP contribution in [0.4, 0.5) is 0 Å². The zero-order valence-electron chi connectivity index (χ0n) is 17.9. The molecule has 0 aliphatic carbocycles. The van der Waals surface area contributed by atoms with Crippen molar-refractivity contribution in [1.29, 1.82) is 0 Å². The second kappa shape index (κ2) is 7.67. The van der Waals surface area contributed by atoms with Gasteiger partial charge in [-0.1, -0.05) is 32.1 Å². The first-order chi connectivity index (χ1) is 14.4. The van der Waals surface area contributed by atoms with Crippen LogP contribution in [-0.4, -0.2) is 33.6 Å². The maximum atomic E-state index is 13.5. The number of hydrogen-bond donors (Lipinski definition) is 4. The van der Waals surface area contributed by atoms with Gasteiger partial charge in [0.1, 0.15) is 28.1 Å². The fourth-order valence-corrected chi connectivity index (χ4v) is 3.63. The molecule has 1 heterocycles. The van der Waals surface area contributed by atoms with Crippen LogP contribution in [0.15, 0.2) is 46.2 Å². The van der Waals surface area contributed by atoms with Crippen molar-refractivity contribution in [2.75, 3.05) is 7.11 Å². The van der Waals surface area contributed by atoms with E-state index in [9.17, 15) is 25.2 Å².